The van der Waals surface area contributed by atoms with Gasteiger partial charge in [-0.2, -0.15) is 34.8 Å². The van der Waals surface area contributed by atoms with Gasteiger partial charge in [0.2, 0.25) is 11.9 Å². The van der Waals surface area contributed by atoms with Crippen LogP contribution in [0.2, 0.25) is 5.02 Å². The Morgan fingerprint density at radius 2 is 1.83 bits per heavy atom. The third-order valence-corrected chi connectivity index (χ3v) is 15.2. The Labute approximate surface area is 425 Å². The van der Waals surface area contributed by atoms with Gasteiger partial charge in [0.25, 0.3) is 5.91 Å². The minimum atomic E-state index is -0.447. The zero-order chi connectivity index (χ0) is 48.8. The topological polar surface area (TPSA) is 179 Å². The van der Waals surface area contributed by atoms with Crippen LogP contribution in [0, 0.1) is 18.3 Å². The summed E-state index contributed by atoms with van der Waals surface area (Å²) in [6.07, 6.45) is 4.71. The van der Waals surface area contributed by atoms with E-state index in [0.29, 0.717) is 79.2 Å². The first-order chi connectivity index (χ1) is 34.6. The predicted molar refractivity (Wildman–Crippen MR) is 279 cm³/mol. The number of H-pyrrole nitrogens is 1. The predicted octanol–water partition coefficient (Wildman–Crippen LogP) is 6.31. The van der Waals surface area contributed by atoms with Crippen molar-refractivity contribution in [3.8, 4) is 12.1 Å². The molecule has 4 aliphatic rings. The second kappa shape index (κ2) is 19.9. The van der Waals surface area contributed by atoms with Gasteiger partial charge in [-0.1, -0.05) is 48.5 Å². The summed E-state index contributed by atoms with van der Waals surface area (Å²) in [5, 5.41) is 21.2. The van der Waals surface area contributed by atoms with Crippen molar-refractivity contribution in [3.63, 3.8) is 0 Å². The van der Waals surface area contributed by atoms with Gasteiger partial charge in [0.1, 0.15) is 18.2 Å². The highest BCUT2D eigenvalue weighted by atomic mass is 79.9. The molecular formula is C51H56BrClN16O2. The summed E-state index contributed by atoms with van der Waals surface area (Å²) < 4.78 is 8.89. The van der Waals surface area contributed by atoms with E-state index >= 15 is 0 Å². The molecule has 20 heteroatoms. The zero-order valence-corrected chi connectivity index (χ0v) is 42.3. The van der Waals surface area contributed by atoms with Crippen molar-refractivity contribution in [2.75, 3.05) is 98.7 Å². The average Bonchev–Trinajstić information content (AvgIpc) is 4.11. The number of imidazole rings is 1. The molecule has 0 aliphatic carbocycles. The van der Waals surface area contributed by atoms with Crippen molar-refractivity contribution < 1.29 is 9.53 Å². The Bertz CT molecular complexity index is 3200. The molecule has 0 saturated carbocycles. The third-order valence-electron chi connectivity index (χ3n) is 14.3. The number of nitrogens with zero attached hydrogens (tertiary/aromatic N) is 14. The number of nitrogens with one attached hydrogen (secondary N) is 2. The Morgan fingerprint density at radius 1 is 0.986 bits per heavy atom. The molecule has 1 amide bonds. The highest BCUT2D eigenvalue weighted by Crippen LogP contribution is 2.38. The number of amides is 1. The number of carbonyl (C=O) groups is 1. The zero-order valence-electron chi connectivity index (χ0n) is 40.0. The van der Waals surface area contributed by atoms with Gasteiger partial charge in [0.15, 0.2) is 5.65 Å². The van der Waals surface area contributed by atoms with Crippen LogP contribution in [0.1, 0.15) is 41.9 Å². The number of piperazine rings is 2. The van der Waals surface area contributed by atoms with E-state index in [1.165, 1.54) is 0 Å². The molecule has 11 rings (SSSR count). The number of fused-ring (bicyclic) bond motifs is 4. The molecule has 3 fully saturated rings. The fraction of sp³-hybridized carbons (Fsp3) is 0.412. The van der Waals surface area contributed by atoms with Gasteiger partial charge in [-0.15, -0.1) is 0 Å². The van der Waals surface area contributed by atoms with Gasteiger partial charge in [-0.25, -0.2) is 4.98 Å². The molecule has 2 atom stereocenters. The Hall–Kier alpha value is -6.59. The number of likely N-dealkylation sites (N-methyl/N-ethyl adjacent to an activating group) is 1. The van der Waals surface area contributed by atoms with E-state index in [2.05, 4.69) is 101 Å². The van der Waals surface area contributed by atoms with Crippen LogP contribution in [-0.2, 0) is 24.3 Å². The van der Waals surface area contributed by atoms with Crippen molar-refractivity contribution in [2.24, 2.45) is 0 Å². The van der Waals surface area contributed by atoms with Gasteiger partial charge in [-0.05, 0) is 90.9 Å². The summed E-state index contributed by atoms with van der Waals surface area (Å²) in [5.74, 6) is 2.31. The molecular weight excluding hydrogens is 984 g/mol. The van der Waals surface area contributed by atoms with Crippen molar-refractivity contribution in [3.05, 3.63) is 105 Å². The van der Waals surface area contributed by atoms with E-state index in [0.717, 1.165) is 107 Å². The number of hydrogen-bond acceptors (Lipinski definition) is 15. The highest BCUT2D eigenvalue weighted by molar-refractivity contribution is 9.10. The maximum atomic E-state index is 14.9. The van der Waals surface area contributed by atoms with Gasteiger partial charge >= 0.3 is 6.01 Å². The number of halogens is 2. The summed E-state index contributed by atoms with van der Waals surface area (Å²) in [7, 11) is 2.13. The highest BCUT2D eigenvalue weighted by Gasteiger charge is 2.36. The summed E-state index contributed by atoms with van der Waals surface area (Å²) in [6.45, 7) is 14.0. The first-order valence-electron chi connectivity index (χ1n) is 24.4. The van der Waals surface area contributed by atoms with Crippen molar-refractivity contribution >= 4 is 84.3 Å². The smallest absolute Gasteiger partial charge is 0.318 e. The van der Waals surface area contributed by atoms with E-state index < -0.39 is 6.04 Å². The first kappa shape index (κ1) is 46.8. The number of benzene rings is 3. The molecule has 8 heterocycles. The average molecular weight is 1040 g/mol. The molecule has 4 aliphatic heterocycles. The minimum Gasteiger partial charge on any atom is -0.462 e. The molecule has 18 nitrogen and oxygen atoms in total. The maximum Gasteiger partial charge on any atom is 0.318 e. The lowest BCUT2D eigenvalue weighted by Crippen LogP contribution is -2.56. The SMILES string of the molecule is C=C(CN(Cc1nc2ccc(C)cc2[nH]1)c1nc(N2CCNCC2)nc2c(Br)cnn12)C(=O)N1CCN(c2nc(OC[C@@H]3CCCN3C)nc3c2CCN(c2cccc4cccc(Cl)c24)C3)C[C@@H]1CC#N. The summed E-state index contributed by atoms with van der Waals surface area (Å²) >= 11 is 10.5. The number of ether oxygens (including phenoxy) is 1. The lowest BCUT2D eigenvalue weighted by atomic mass is 10.0. The largest absolute Gasteiger partial charge is 0.462 e. The minimum absolute atomic E-state index is 0.105. The number of aromatic nitrogens is 8. The molecule has 366 valence electrons. The molecule has 3 saturated heterocycles. The van der Waals surface area contributed by atoms with E-state index in [-0.39, 0.29) is 31.5 Å². The molecule has 71 heavy (non-hydrogen) atoms. The van der Waals surface area contributed by atoms with Crippen LogP contribution in [0.15, 0.2) is 77.4 Å². The number of anilines is 4. The van der Waals surface area contributed by atoms with Gasteiger partial charge < -0.3 is 44.4 Å². The monoisotopic (exact) mass is 1040 g/mol. The number of rotatable bonds is 13. The van der Waals surface area contributed by atoms with E-state index in [1.807, 2.05) is 41.0 Å². The lowest BCUT2D eigenvalue weighted by molar-refractivity contribution is -0.129. The van der Waals surface area contributed by atoms with E-state index in [9.17, 15) is 10.1 Å². The Balaban J connectivity index is 0.882. The quantitative estimate of drug-likeness (QED) is 0.123. The molecule has 0 bridgehead atoms. The van der Waals surface area contributed by atoms with Crippen LogP contribution in [0.4, 0.5) is 23.4 Å². The summed E-state index contributed by atoms with van der Waals surface area (Å²) in [6, 6.07) is 21.0. The van der Waals surface area contributed by atoms with Gasteiger partial charge in [0.05, 0.1) is 70.6 Å². The number of aryl methyl sites for hydroxylation is 1. The molecule has 3 aromatic carbocycles. The normalized spacial score (nSPS) is 18.6. The van der Waals surface area contributed by atoms with Crippen LogP contribution in [0.5, 0.6) is 6.01 Å². The van der Waals surface area contributed by atoms with Gasteiger partial charge in [-0.3, -0.25) is 4.79 Å². The lowest BCUT2D eigenvalue weighted by Gasteiger charge is -2.43. The van der Waals surface area contributed by atoms with Crippen LogP contribution >= 0.6 is 27.5 Å². The standard InChI is InChI=1S/C51H56BrClN16O2/c1-32-12-13-40-41(25-32)58-44(57-40)30-67(51-62-49(64-21-17-55-18-22-64)60-47-38(52)26-56-69(47)51)27-33(2)48(70)68-24-23-66(28-35(68)14-16-54)46-37-15-20-65(43-11-5-8-34-7-4-10-39(53)45(34)43)29-42(37)59-50(61-46)71-31-36-9-6-19-63(36)3/h4-5,7-8,10-13,25-26,35-36,55H,2,6,9,14-15,17-24,27-31H2,1,3H3,(H,57,58)/t35-,36-/m0/s1. The number of likely N-dealkylation sites (tertiary alicyclic amines) is 1. The summed E-state index contributed by atoms with van der Waals surface area (Å²) in [4.78, 5) is 56.5. The fourth-order valence-corrected chi connectivity index (χ4v) is 11.2. The molecule has 0 unspecified atom stereocenters. The molecule has 0 radical (unpaired) electrons. The van der Waals surface area contributed by atoms with E-state index in [1.54, 1.807) is 10.7 Å². The molecule has 4 aromatic heterocycles. The van der Waals surface area contributed by atoms with Crippen LogP contribution in [0.25, 0.3) is 27.5 Å². The number of nitriles is 1. The Morgan fingerprint density at radius 3 is 2.65 bits per heavy atom. The number of hydrogen-bond donors (Lipinski definition) is 2. The third kappa shape index (κ3) is 9.41. The van der Waals surface area contributed by atoms with E-state index in [4.69, 9.17) is 41.3 Å². The fourth-order valence-electron chi connectivity index (χ4n) is 10.6. The van der Waals surface area contributed by atoms with Crippen LogP contribution in [0.3, 0.4) is 0 Å². The summed E-state index contributed by atoms with van der Waals surface area (Å²) in [5.41, 5.74) is 6.82. The van der Waals surface area contributed by atoms with Crippen molar-refractivity contribution in [1.29, 1.82) is 5.26 Å². The van der Waals surface area contributed by atoms with Crippen LogP contribution in [-0.4, -0.2) is 146 Å². The molecule has 2 N–H and O–H groups in total. The van der Waals surface area contributed by atoms with Crippen molar-refractivity contribution in [2.45, 2.75) is 57.8 Å². The second-order valence-corrected chi connectivity index (χ2v) is 20.3. The van der Waals surface area contributed by atoms with Crippen LogP contribution < -0.4 is 29.7 Å². The Kier molecular flexibility index (Phi) is 13.1. The second-order valence-electron chi connectivity index (χ2n) is 19.0. The van der Waals surface area contributed by atoms with Crippen molar-refractivity contribution in [1.82, 2.24) is 54.6 Å². The molecule has 0 spiro atoms. The number of carbonyl (C=O) groups excluding carboxylic acids is 1. The first-order valence-corrected chi connectivity index (χ1v) is 25.6. The number of aromatic amines is 1. The molecule has 7 aromatic rings. The maximum absolute atomic E-state index is 14.9. The van der Waals surface area contributed by atoms with Gasteiger partial charge in [0, 0.05) is 80.6 Å².